The van der Waals surface area contributed by atoms with E-state index in [4.69, 9.17) is 0 Å². The lowest BCUT2D eigenvalue weighted by Gasteiger charge is -2.15. The summed E-state index contributed by atoms with van der Waals surface area (Å²) in [5, 5.41) is 6.94. The predicted octanol–water partition coefficient (Wildman–Crippen LogP) is 3.49. The fraction of sp³-hybridized carbons (Fsp3) is 0.455. The first-order chi connectivity index (χ1) is 8.85. The third-order valence-electron chi connectivity index (χ3n) is 2.54. The van der Waals surface area contributed by atoms with E-state index in [0.717, 1.165) is 4.47 Å². The van der Waals surface area contributed by atoms with E-state index in [2.05, 4.69) is 31.3 Å². The van der Waals surface area contributed by atoms with Gasteiger partial charge in [-0.1, -0.05) is 6.92 Å². The molecule has 2 rings (SSSR count). The van der Waals surface area contributed by atoms with Gasteiger partial charge in [-0.3, -0.25) is 0 Å². The largest absolute Gasteiger partial charge is 0.389 e. The molecular formula is C11H12BrF3N4. The van der Waals surface area contributed by atoms with E-state index in [1.54, 1.807) is 29.9 Å². The second-order valence-corrected chi connectivity index (χ2v) is 5.23. The van der Waals surface area contributed by atoms with Gasteiger partial charge >= 0.3 is 6.18 Å². The summed E-state index contributed by atoms with van der Waals surface area (Å²) in [6.45, 7) is 1.77. The van der Waals surface area contributed by atoms with Gasteiger partial charge in [0.25, 0.3) is 0 Å². The Morgan fingerprint density at radius 3 is 2.89 bits per heavy atom. The topological polar surface area (TPSA) is 42.2 Å². The Bertz CT molecular complexity index is 567. The second kappa shape index (κ2) is 5.36. The maximum atomic E-state index is 12.2. The Morgan fingerprint density at radius 1 is 1.47 bits per heavy atom. The van der Waals surface area contributed by atoms with Gasteiger partial charge in [-0.15, -0.1) is 0 Å². The average molecular weight is 337 g/mol. The smallest absolute Gasteiger partial charge is 0.370 e. The van der Waals surface area contributed by atoms with Crippen LogP contribution in [-0.2, 0) is 0 Å². The van der Waals surface area contributed by atoms with Crippen molar-refractivity contribution in [2.45, 2.75) is 19.5 Å². The molecule has 4 nitrogen and oxygen atoms in total. The van der Waals surface area contributed by atoms with Gasteiger partial charge in [-0.25, -0.2) is 9.50 Å². The molecule has 1 atom stereocenters. The number of anilines is 1. The quantitative estimate of drug-likeness (QED) is 0.929. The van der Waals surface area contributed by atoms with Crippen molar-refractivity contribution in [3.63, 3.8) is 0 Å². The van der Waals surface area contributed by atoms with Gasteiger partial charge < -0.3 is 5.32 Å². The van der Waals surface area contributed by atoms with Crippen molar-refractivity contribution < 1.29 is 13.2 Å². The summed E-state index contributed by atoms with van der Waals surface area (Å²) >= 11 is 3.30. The van der Waals surface area contributed by atoms with Crippen LogP contribution in [0.5, 0.6) is 0 Å². The lowest BCUT2D eigenvalue weighted by molar-refractivity contribution is -0.142. The number of hydrogen-bond donors (Lipinski definition) is 1. The summed E-state index contributed by atoms with van der Waals surface area (Å²) in [6, 6.07) is 1.67. The molecule has 0 saturated heterocycles. The summed E-state index contributed by atoms with van der Waals surface area (Å²) < 4.78 is 38.9. The lowest BCUT2D eigenvalue weighted by Crippen LogP contribution is -2.19. The number of halogens is 4. The molecule has 0 amide bonds. The molecule has 0 bridgehead atoms. The summed E-state index contributed by atoms with van der Waals surface area (Å²) in [7, 11) is 0. The van der Waals surface area contributed by atoms with Gasteiger partial charge in [0, 0.05) is 19.2 Å². The van der Waals surface area contributed by atoms with Crippen molar-refractivity contribution in [3.05, 3.63) is 22.9 Å². The van der Waals surface area contributed by atoms with Gasteiger partial charge in [0.05, 0.1) is 10.7 Å². The molecule has 8 heteroatoms. The molecule has 0 saturated carbocycles. The normalized spacial score (nSPS) is 13.7. The summed E-state index contributed by atoms with van der Waals surface area (Å²) in [5.74, 6) is 0.0223. The van der Waals surface area contributed by atoms with Crippen molar-refractivity contribution in [2.24, 2.45) is 5.92 Å². The monoisotopic (exact) mass is 336 g/mol. The van der Waals surface area contributed by atoms with E-state index in [1.807, 2.05) is 0 Å². The van der Waals surface area contributed by atoms with Crippen LogP contribution < -0.4 is 5.32 Å². The Kier molecular flexibility index (Phi) is 3.98. The van der Waals surface area contributed by atoms with Crippen LogP contribution in [0.25, 0.3) is 5.65 Å². The number of nitrogens with zero attached hydrogens (tertiary/aromatic N) is 3. The van der Waals surface area contributed by atoms with Crippen molar-refractivity contribution in [2.75, 3.05) is 11.9 Å². The minimum atomic E-state index is -4.13. The summed E-state index contributed by atoms with van der Waals surface area (Å²) in [4.78, 5) is 4.26. The minimum Gasteiger partial charge on any atom is -0.370 e. The third kappa shape index (κ3) is 3.82. The molecule has 0 fully saturated rings. The maximum Gasteiger partial charge on any atom is 0.389 e. The number of nitrogens with one attached hydrogen (secondary N) is 1. The standard InChI is InChI=1S/C11H12BrF3N4/c1-7(4-11(13,14)15)5-16-9-2-3-19-10(18-9)8(12)6-17-19/h2-3,6-7H,4-5H2,1H3,(H,16,18). The molecule has 19 heavy (non-hydrogen) atoms. The van der Waals surface area contributed by atoms with Crippen molar-refractivity contribution >= 4 is 27.4 Å². The summed E-state index contributed by atoms with van der Waals surface area (Å²) in [5.41, 5.74) is 0.619. The van der Waals surface area contributed by atoms with Gasteiger partial charge in [-0.05, 0) is 27.9 Å². The molecule has 0 aliphatic heterocycles. The number of rotatable bonds is 4. The first-order valence-corrected chi connectivity index (χ1v) is 6.45. The zero-order chi connectivity index (χ0) is 14.0. The van der Waals surface area contributed by atoms with Crippen molar-refractivity contribution in [3.8, 4) is 0 Å². The molecule has 0 radical (unpaired) electrons. The molecule has 2 heterocycles. The second-order valence-electron chi connectivity index (χ2n) is 4.38. The number of fused-ring (bicyclic) bond motifs is 1. The van der Waals surface area contributed by atoms with Crippen LogP contribution in [0.15, 0.2) is 22.9 Å². The van der Waals surface area contributed by atoms with E-state index in [-0.39, 0.29) is 6.54 Å². The first-order valence-electron chi connectivity index (χ1n) is 5.65. The third-order valence-corrected chi connectivity index (χ3v) is 3.10. The zero-order valence-electron chi connectivity index (χ0n) is 10.1. The molecular weight excluding hydrogens is 325 g/mol. The minimum absolute atomic E-state index is 0.217. The highest BCUT2D eigenvalue weighted by molar-refractivity contribution is 9.10. The molecule has 0 aliphatic rings. The molecule has 0 spiro atoms. The van der Waals surface area contributed by atoms with Crippen LogP contribution in [0.3, 0.4) is 0 Å². The number of aromatic nitrogens is 3. The molecule has 1 N–H and O–H groups in total. The first kappa shape index (κ1) is 14.1. The fourth-order valence-electron chi connectivity index (χ4n) is 1.69. The highest BCUT2D eigenvalue weighted by Crippen LogP contribution is 2.24. The van der Waals surface area contributed by atoms with Gasteiger partial charge in [0.1, 0.15) is 5.82 Å². The molecule has 0 aromatic carbocycles. The maximum absolute atomic E-state index is 12.2. The van der Waals surface area contributed by atoms with Crippen LogP contribution in [0.1, 0.15) is 13.3 Å². The van der Waals surface area contributed by atoms with E-state index in [1.165, 1.54) is 0 Å². The van der Waals surface area contributed by atoms with Crippen LogP contribution >= 0.6 is 15.9 Å². The van der Waals surface area contributed by atoms with Gasteiger partial charge in [-0.2, -0.15) is 18.3 Å². The summed E-state index contributed by atoms with van der Waals surface area (Å²) in [6.07, 6.45) is -1.63. The Morgan fingerprint density at radius 2 is 2.21 bits per heavy atom. The highest BCUT2D eigenvalue weighted by Gasteiger charge is 2.29. The van der Waals surface area contributed by atoms with E-state index >= 15 is 0 Å². The molecule has 104 valence electrons. The van der Waals surface area contributed by atoms with Crippen LogP contribution in [0.4, 0.5) is 19.0 Å². The Hall–Kier alpha value is -1.31. The number of hydrogen-bond acceptors (Lipinski definition) is 3. The molecule has 2 aromatic rings. The van der Waals surface area contributed by atoms with Crippen molar-refractivity contribution in [1.82, 2.24) is 14.6 Å². The number of alkyl halides is 3. The van der Waals surface area contributed by atoms with E-state index < -0.39 is 18.5 Å². The van der Waals surface area contributed by atoms with Crippen LogP contribution in [0, 0.1) is 5.92 Å². The van der Waals surface area contributed by atoms with Crippen LogP contribution in [-0.4, -0.2) is 27.3 Å². The Labute approximate surface area is 116 Å². The SMILES string of the molecule is CC(CNc1ccn2ncc(Br)c2n1)CC(F)(F)F. The average Bonchev–Trinajstić information content (AvgIpc) is 2.66. The van der Waals surface area contributed by atoms with Gasteiger partial charge in [0.2, 0.25) is 0 Å². The lowest BCUT2D eigenvalue weighted by atomic mass is 10.1. The fourth-order valence-corrected chi connectivity index (χ4v) is 2.05. The van der Waals surface area contributed by atoms with Crippen LogP contribution in [0.2, 0.25) is 0 Å². The molecule has 0 aliphatic carbocycles. The van der Waals surface area contributed by atoms with Gasteiger partial charge in [0.15, 0.2) is 5.65 Å². The zero-order valence-corrected chi connectivity index (χ0v) is 11.7. The molecule has 2 aromatic heterocycles. The Balaban J connectivity index is 1.99. The highest BCUT2D eigenvalue weighted by atomic mass is 79.9. The van der Waals surface area contributed by atoms with Crippen molar-refractivity contribution in [1.29, 1.82) is 0 Å². The van der Waals surface area contributed by atoms with E-state index in [9.17, 15) is 13.2 Å². The predicted molar refractivity (Wildman–Crippen MR) is 69.0 cm³/mol. The van der Waals surface area contributed by atoms with E-state index in [0.29, 0.717) is 11.5 Å². The molecule has 1 unspecified atom stereocenters.